The van der Waals surface area contributed by atoms with Gasteiger partial charge in [-0.1, -0.05) is 6.42 Å². The summed E-state index contributed by atoms with van der Waals surface area (Å²) in [4.78, 5) is 4.55. The van der Waals surface area contributed by atoms with E-state index in [1.807, 2.05) is 4.68 Å². The van der Waals surface area contributed by atoms with Gasteiger partial charge in [-0.3, -0.25) is 0 Å². The zero-order valence-corrected chi connectivity index (χ0v) is 10.1. The molecule has 2 unspecified atom stereocenters. The van der Waals surface area contributed by atoms with Crippen molar-refractivity contribution in [3.8, 4) is 0 Å². The van der Waals surface area contributed by atoms with Gasteiger partial charge < -0.3 is 10.4 Å². The summed E-state index contributed by atoms with van der Waals surface area (Å²) in [5.41, 5.74) is 0. The van der Waals surface area contributed by atoms with Gasteiger partial charge >= 0.3 is 0 Å². The Labute approximate surface area is 101 Å². The lowest BCUT2D eigenvalue weighted by molar-refractivity contribution is 0.138. The number of aromatic nitrogens is 3. The molecule has 1 aromatic rings. The van der Waals surface area contributed by atoms with E-state index in [1.54, 1.807) is 0 Å². The molecule has 2 N–H and O–H groups in total. The normalized spacial score (nSPS) is 29.0. The molecule has 0 bridgehead atoms. The van der Waals surface area contributed by atoms with Crippen molar-refractivity contribution in [1.82, 2.24) is 20.1 Å². The summed E-state index contributed by atoms with van der Waals surface area (Å²) in [5.74, 6) is 1.89. The third-order valence-corrected chi connectivity index (χ3v) is 3.73. The van der Waals surface area contributed by atoms with Gasteiger partial charge in [0.15, 0.2) is 5.82 Å². The predicted octanol–water partition coefficient (Wildman–Crippen LogP) is 0.270. The fraction of sp³-hybridized carbons (Fsp3) is 0.833. The van der Waals surface area contributed by atoms with Crippen molar-refractivity contribution in [2.75, 3.05) is 6.54 Å². The molecule has 1 fully saturated rings. The number of aryl methyl sites for hydroxylation is 1. The molecule has 5 nitrogen and oxygen atoms in total. The van der Waals surface area contributed by atoms with E-state index in [0.29, 0.717) is 12.5 Å². The van der Waals surface area contributed by atoms with Gasteiger partial charge in [-0.15, -0.1) is 0 Å². The molecule has 5 heteroatoms. The number of fused-ring (bicyclic) bond motifs is 1. The van der Waals surface area contributed by atoms with Crippen molar-refractivity contribution in [1.29, 1.82) is 0 Å². The molecule has 0 spiro atoms. The summed E-state index contributed by atoms with van der Waals surface area (Å²) in [6.07, 6.45) is 5.98. The Morgan fingerprint density at radius 3 is 3.12 bits per heavy atom. The first-order valence-corrected chi connectivity index (χ1v) is 6.65. The van der Waals surface area contributed by atoms with Crippen molar-refractivity contribution in [3.05, 3.63) is 11.6 Å². The van der Waals surface area contributed by atoms with Crippen LogP contribution in [-0.4, -0.2) is 38.6 Å². The average molecular weight is 236 g/mol. The number of nitrogens with zero attached hydrogens (tertiary/aromatic N) is 3. The SMILES string of the molecule is OC1CCn2nc(CC3CCCCN3)nc2C1. The Hall–Kier alpha value is -0.940. The highest BCUT2D eigenvalue weighted by Gasteiger charge is 2.21. The van der Waals surface area contributed by atoms with Gasteiger partial charge in [-0.05, 0) is 25.8 Å². The molecule has 1 aromatic heterocycles. The maximum Gasteiger partial charge on any atom is 0.152 e. The maximum atomic E-state index is 9.59. The summed E-state index contributed by atoms with van der Waals surface area (Å²) >= 11 is 0. The lowest BCUT2D eigenvalue weighted by atomic mass is 10.0. The molecular weight excluding hydrogens is 216 g/mol. The lowest BCUT2D eigenvalue weighted by Gasteiger charge is -2.21. The highest BCUT2D eigenvalue weighted by atomic mass is 16.3. The molecule has 0 aromatic carbocycles. The first kappa shape index (κ1) is 11.2. The monoisotopic (exact) mass is 236 g/mol. The Balaban J connectivity index is 1.67. The topological polar surface area (TPSA) is 63.0 Å². The van der Waals surface area contributed by atoms with Crippen LogP contribution in [0.4, 0.5) is 0 Å². The Kier molecular flexibility index (Phi) is 3.11. The minimum absolute atomic E-state index is 0.229. The zero-order chi connectivity index (χ0) is 11.7. The van der Waals surface area contributed by atoms with Crippen molar-refractivity contribution < 1.29 is 5.11 Å². The summed E-state index contributed by atoms with van der Waals surface area (Å²) in [6.45, 7) is 1.93. The molecule has 0 saturated carbocycles. The Bertz CT molecular complexity index is 384. The van der Waals surface area contributed by atoms with Gasteiger partial charge in [0.25, 0.3) is 0 Å². The smallest absolute Gasteiger partial charge is 0.152 e. The molecular formula is C12H20N4O. The third kappa shape index (κ3) is 2.50. The number of hydrogen-bond donors (Lipinski definition) is 2. The number of aliphatic hydroxyl groups excluding tert-OH is 1. The largest absolute Gasteiger partial charge is 0.393 e. The molecule has 0 aliphatic carbocycles. The number of hydrogen-bond acceptors (Lipinski definition) is 4. The molecule has 0 radical (unpaired) electrons. The second kappa shape index (κ2) is 4.74. The number of nitrogens with one attached hydrogen (secondary N) is 1. The van der Waals surface area contributed by atoms with E-state index in [1.165, 1.54) is 19.3 Å². The molecule has 2 aliphatic rings. The number of piperidine rings is 1. The molecule has 3 heterocycles. The predicted molar refractivity (Wildman–Crippen MR) is 63.7 cm³/mol. The summed E-state index contributed by atoms with van der Waals surface area (Å²) < 4.78 is 1.96. The second-order valence-electron chi connectivity index (χ2n) is 5.16. The van der Waals surface area contributed by atoms with E-state index >= 15 is 0 Å². The van der Waals surface area contributed by atoms with Crippen LogP contribution in [-0.2, 0) is 19.4 Å². The van der Waals surface area contributed by atoms with Gasteiger partial charge in [0.1, 0.15) is 5.82 Å². The quantitative estimate of drug-likeness (QED) is 0.773. The summed E-state index contributed by atoms with van der Waals surface area (Å²) in [7, 11) is 0. The van der Waals surface area contributed by atoms with Crippen LogP contribution >= 0.6 is 0 Å². The van der Waals surface area contributed by atoms with Crippen molar-refractivity contribution in [2.24, 2.45) is 0 Å². The van der Waals surface area contributed by atoms with Crippen LogP contribution in [0.2, 0.25) is 0 Å². The van der Waals surface area contributed by atoms with Gasteiger partial charge in [-0.2, -0.15) is 5.10 Å². The minimum Gasteiger partial charge on any atom is -0.393 e. The van der Waals surface area contributed by atoms with Crippen LogP contribution in [0.5, 0.6) is 0 Å². The van der Waals surface area contributed by atoms with E-state index in [-0.39, 0.29) is 6.10 Å². The van der Waals surface area contributed by atoms with Crippen LogP contribution in [0.1, 0.15) is 37.3 Å². The van der Waals surface area contributed by atoms with Crippen LogP contribution in [0.15, 0.2) is 0 Å². The van der Waals surface area contributed by atoms with Gasteiger partial charge in [0, 0.05) is 25.4 Å². The average Bonchev–Trinajstić information content (AvgIpc) is 2.71. The standard InChI is InChI=1S/C12H20N4O/c17-10-4-6-16-12(8-10)14-11(15-16)7-9-3-1-2-5-13-9/h9-10,13,17H,1-8H2. The van der Waals surface area contributed by atoms with Crippen LogP contribution < -0.4 is 5.32 Å². The van der Waals surface area contributed by atoms with E-state index in [2.05, 4.69) is 15.4 Å². The van der Waals surface area contributed by atoms with E-state index in [4.69, 9.17) is 0 Å². The lowest BCUT2D eigenvalue weighted by Crippen LogP contribution is -2.35. The first-order chi connectivity index (χ1) is 8.31. The van der Waals surface area contributed by atoms with Gasteiger partial charge in [0.2, 0.25) is 0 Å². The molecule has 94 valence electrons. The fourth-order valence-electron chi connectivity index (χ4n) is 2.75. The number of rotatable bonds is 2. The Morgan fingerprint density at radius 2 is 2.29 bits per heavy atom. The highest BCUT2D eigenvalue weighted by molar-refractivity contribution is 4.99. The Morgan fingerprint density at radius 1 is 1.35 bits per heavy atom. The molecule has 1 saturated heterocycles. The first-order valence-electron chi connectivity index (χ1n) is 6.65. The third-order valence-electron chi connectivity index (χ3n) is 3.73. The van der Waals surface area contributed by atoms with Gasteiger partial charge in [0.05, 0.1) is 6.10 Å². The maximum absolute atomic E-state index is 9.59. The molecule has 17 heavy (non-hydrogen) atoms. The molecule has 0 amide bonds. The van der Waals surface area contributed by atoms with Crippen LogP contribution in [0.25, 0.3) is 0 Å². The van der Waals surface area contributed by atoms with Crippen LogP contribution in [0.3, 0.4) is 0 Å². The summed E-state index contributed by atoms with van der Waals surface area (Å²) in [5, 5.41) is 17.6. The molecule has 3 rings (SSSR count). The van der Waals surface area contributed by atoms with Gasteiger partial charge in [-0.25, -0.2) is 9.67 Å². The molecule has 2 atom stereocenters. The highest BCUT2D eigenvalue weighted by Crippen LogP contribution is 2.15. The van der Waals surface area contributed by atoms with E-state index < -0.39 is 0 Å². The van der Waals surface area contributed by atoms with Crippen molar-refractivity contribution >= 4 is 0 Å². The van der Waals surface area contributed by atoms with E-state index in [9.17, 15) is 5.11 Å². The fourth-order valence-corrected chi connectivity index (χ4v) is 2.75. The minimum atomic E-state index is -0.229. The molecule has 2 aliphatic heterocycles. The number of aliphatic hydroxyl groups is 1. The van der Waals surface area contributed by atoms with Crippen LogP contribution in [0, 0.1) is 0 Å². The zero-order valence-electron chi connectivity index (χ0n) is 10.1. The second-order valence-corrected chi connectivity index (χ2v) is 5.16. The summed E-state index contributed by atoms with van der Waals surface area (Å²) in [6, 6.07) is 0.540. The van der Waals surface area contributed by atoms with E-state index in [0.717, 1.165) is 37.6 Å². The van der Waals surface area contributed by atoms with Crippen molar-refractivity contribution in [2.45, 2.75) is 57.2 Å². The van der Waals surface area contributed by atoms with Crippen molar-refractivity contribution in [3.63, 3.8) is 0 Å².